The van der Waals surface area contributed by atoms with Gasteiger partial charge in [-0.1, -0.05) is 60.8 Å². The summed E-state index contributed by atoms with van der Waals surface area (Å²) >= 11 is 14.0. The fourth-order valence-electron chi connectivity index (χ4n) is 2.75. The molecule has 2 rings (SSSR count). The van der Waals surface area contributed by atoms with Crippen molar-refractivity contribution in [3.05, 3.63) is 69.2 Å². The Morgan fingerprint density at radius 3 is 2.19 bits per heavy atom. The Bertz CT molecular complexity index is 749. The molecular weight excluding hydrogens is 381 g/mol. The van der Waals surface area contributed by atoms with E-state index in [9.17, 15) is 0 Å². The summed E-state index contributed by atoms with van der Waals surface area (Å²) in [5.41, 5.74) is 5.20. The Morgan fingerprint density at radius 2 is 1.62 bits per heavy atom. The van der Waals surface area contributed by atoms with Crippen molar-refractivity contribution in [3.8, 4) is 0 Å². The van der Waals surface area contributed by atoms with Crippen molar-refractivity contribution in [2.45, 2.75) is 38.3 Å². The lowest BCUT2D eigenvalue weighted by Gasteiger charge is -2.20. The molecule has 140 valence electrons. The maximum atomic E-state index is 6.25. The van der Waals surface area contributed by atoms with E-state index in [1.807, 2.05) is 12.1 Å². The van der Waals surface area contributed by atoms with E-state index in [4.69, 9.17) is 23.2 Å². The molecule has 0 aliphatic carbocycles. The van der Waals surface area contributed by atoms with Crippen LogP contribution in [0.4, 0.5) is 0 Å². The van der Waals surface area contributed by atoms with Crippen molar-refractivity contribution in [2.24, 2.45) is 0 Å². The zero-order valence-electron chi connectivity index (χ0n) is 16.0. The molecule has 0 amide bonds. The van der Waals surface area contributed by atoms with Gasteiger partial charge < -0.3 is 0 Å². The minimum atomic E-state index is 0.676. The van der Waals surface area contributed by atoms with Crippen LogP contribution in [0, 0.1) is 0 Å². The van der Waals surface area contributed by atoms with Crippen LogP contribution in [-0.4, -0.2) is 24.5 Å². The highest BCUT2D eigenvalue weighted by Crippen LogP contribution is 2.29. The van der Waals surface area contributed by atoms with E-state index in [0.717, 1.165) is 36.0 Å². The summed E-state index contributed by atoms with van der Waals surface area (Å²) in [5.74, 6) is 0.838. The fourth-order valence-corrected chi connectivity index (χ4v) is 4.21. The second kappa shape index (κ2) is 10.4. The van der Waals surface area contributed by atoms with E-state index in [2.05, 4.69) is 56.9 Å². The molecule has 0 spiro atoms. The average Bonchev–Trinajstić information content (AvgIpc) is 2.65. The monoisotopic (exact) mass is 407 g/mol. The van der Waals surface area contributed by atoms with Gasteiger partial charge in [0.15, 0.2) is 0 Å². The van der Waals surface area contributed by atoms with Crippen molar-refractivity contribution in [3.63, 3.8) is 0 Å². The van der Waals surface area contributed by atoms with Gasteiger partial charge >= 0.3 is 0 Å². The molecule has 0 N–H and O–H groups in total. The van der Waals surface area contributed by atoms with Crippen molar-refractivity contribution < 1.29 is 0 Å². The molecule has 4 heteroatoms. The van der Waals surface area contributed by atoms with E-state index in [1.165, 1.54) is 21.6 Å². The van der Waals surface area contributed by atoms with Crippen LogP contribution in [-0.2, 0) is 5.75 Å². The number of likely N-dealkylation sites (N-methyl/N-ethyl adjacent to an activating group) is 1. The quantitative estimate of drug-likeness (QED) is 0.418. The molecule has 0 atom stereocenters. The van der Waals surface area contributed by atoms with Gasteiger partial charge in [0.05, 0.1) is 0 Å². The van der Waals surface area contributed by atoms with E-state index < -0.39 is 0 Å². The van der Waals surface area contributed by atoms with Gasteiger partial charge in [-0.15, -0.1) is 11.8 Å². The molecule has 0 unspecified atom stereocenters. The molecule has 2 aromatic rings. The van der Waals surface area contributed by atoms with Gasteiger partial charge in [-0.3, -0.25) is 4.90 Å². The van der Waals surface area contributed by atoms with Crippen LogP contribution in [0.5, 0.6) is 0 Å². The van der Waals surface area contributed by atoms with Gasteiger partial charge in [0, 0.05) is 27.2 Å². The first-order chi connectivity index (χ1) is 12.4. The summed E-state index contributed by atoms with van der Waals surface area (Å²) in [6, 6.07) is 14.5. The Labute approximate surface area is 172 Å². The maximum absolute atomic E-state index is 6.25. The van der Waals surface area contributed by atoms with Gasteiger partial charge in [0.25, 0.3) is 0 Å². The molecule has 2 aromatic carbocycles. The zero-order chi connectivity index (χ0) is 19.1. The maximum Gasteiger partial charge on any atom is 0.0461 e. The summed E-state index contributed by atoms with van der Waals surface area (Å²) in [7, 11) is 0. The molecule has 0 heterocycles. The molecule has 0 aliphatic rings. The number of thioether (sulfide) groups is 1. The first kappa shape index (κ1) is 21.4. The topological polar surface area (TPSA) is 3.24 Å². The molecule has 0 radical (unpaired) electrons. The number of hydrogen-bond acceptors (Lipinski definition) is 2. The first-order valence-electron chi connectivity index (χ1n) is 9.00. The van der Waals surface area contributed by atoms with Crippen LogP contribution >= 0.6 is 35.0 Å². The lowest BCUT2D eigenvalue weighted by Crippen LogP contribution is -2.24. The average molecular weight is 408 g/mol. The highest BCUT2D eigenvalue weighted by molar-refractivity contribution is 7.98. The Hall–Kier alpha value is -0.930. The molecule has 0 aliphatic heterocycles. The van der Waals surface area contributed by atoms with Crippen LogP contribution in [0.3, 0.4) is 0 Å². The van der Waals surface area contributed by atoms with Crippen LogP contribution in [0.2, 0.25) is 10.0 Å². The largest absolute Gasteiger partial charge is 0.300 e. The molecule has 26 heavy (non-hydrogen) atoms. The van der Waals surface area contributed by atoms with E-state index >= 15 is 0 Å². The van der Waals surface area contributed by atoms with Gasteiger partial charge in [-0.25, -0.2) is 0 Å². The van der Waals surface area contributed by atoms with Crippen LogP contribution in [0.25, 0.3) is 5.57 Å². The third-order valence-electron chi connectivity index (χ3n) is 4.69. The van der Waals surface area contributed by atoms with Crippen molar-refractivity contribution in [2.75, 3.05) is 19.6 Å². The lowest BCUT2D eigenvalue weighted by molar-refractivity contribution is 0.330. The van der Waals surface area contributed by atoms with E-state index in [0.29, 0.717) is 5.02 Å². The summed E-state index contributed by atoms with van der Waals surface area (Å²) in [6.45, 7) is 12.1. The molecule has 0 saturated carbocycles. The van der Waals surface area contributed by atoms with Crippen LogP contribution in [0.1, 0.15) is 38.8 Å². The second-order valence-corrected chi connectivity index (χ2v) is 8.31. The number of allylic oxidation sites excluding steroid dienone is 1. The van der Waals surface area contributed by atoms with Crippen molar-refractivity contribution in [1.82, 2.24) is 4.90 Å². The van der Waals surface area contributed by atoms with Gasteiger partial charge in [0.2, 0.25) is 0 Å². The fraction of sp³-hybridized carbons (Fsp3) is 0.364. The van der Waals surface area contributed by atoms with Gasteiger partial charge in [0.1, 0.15) is 0 Å². The number of hydrogen-bond donors (Lipinski definition) is 0. The number of halogens is 2. The number of benzene rings is 2. The standard InChI is InChI=1S/C22H27Cl2NS/c1-5-25(6-2)14-16(3)17(4)18-8-11-21(12-9-18)26-15-19-7-10-20(23)13-22(19)24/h7-13H,5-6,14-15H2,1-4H3. The summed E-state index contributed by atoms with van der Waals surface area (Å²) < 4.78 is 0. The normalized spacial score (nSPS) is 12.4. The first-order valence-corrected chi connectivity index (χ1v) is 10.7. The Kier molecular flexibility index (Phi) is 8.56. The molecule has 0 fully saturated rings. The third kappa shape index (κ3) is 6.06. The zero-order valence-corrected chi connectivity index (χ0v) is 18.3. The summed E-state index contributed by atoms with van der Waals surface area (Å²) in [6.07, 6.45) is 0. The minimum absolute atomic E-state index is 0.676. The highest BCUT2D eigenvalue weighted by Gasteiger charge is 2.06. The number of rotatable bonds is 8. The molecule has 0 saturated heterocycles. The van der Waals surface area contributed by atoms with Crippen molar-refractivity contribution in [1.29, 1.82) is 0 Å². The SMILES string of the molecule is CCN(CC)CC(C)=C(C)c1ccc(SCc2ccc(Cl)cc2Cl)cc1. The highest BCUT2D eigenvalue weighted by atomic mass is 35.5. The predicted molar refractivity (Wildman–Crippen MR) is 119 cm³/mol. The van der Waals surface area contributed by atoms with Crippen LogP contribution in [0.15, 0.2) is 52.9 Å². The van der Waals surface area contributed by atoms with Crippen molar-refractivity contribution >= 4 is 40.5 Å². The molecule has 0 aromatic heterocycles. The van der Waals surface area contributed by atoms with Crippen LogP contribution < -0.4 is 0 Å². The third-order valence-corrected chi connectivity index (χ3v) is 6.34. The molecule has 1 nitrogen and oxygen atoms in total. The molecule has 0 bridgehead atoms. The second-order valence-electron chi connectivity index (χ2n) is 6.42. The van der Waals surface area contributed by atoms with Gasteiger partial charge in [-0.2, -0.15) is 0 Å². The van der Waals surface area contributed by atoms with Gasteiger partial charge in [-0.05, 0) is 67.9 Å². The Balaban J connectivity index is 2.03. The minimum Gasteiger partial charge on any atom is -0.300 e. The number of nitrogens with zero attached hydrogens (tertiary/aromatic N) is 1. The van der Waals surface area contributed by atoms with E-state index in [-0.39, 0.29) is 0 Å². The summed E-state index contributed by atoms with van der Waals surface area (Å²) in [4.78, 5) is 3.69. The van der Waals surface area contributed by atoms with E-state index in [1.54, 1.807) is 17.8 Å². The predicted octanol–water partition coefficient (Wildman–Crippen LogP) is 7.42. The molecular formula is C22H27Cl2NS. The summed E-state index contributed by atoms with van der Waals surface area (Å²) in [5, 5.41) is 1.41. The Morgan fingerprint density at radius 1 is 0.962 bits per heavy atom. The smallest absolute Gasteiger partial charge is 0.0461 e. The lowest BCUT2D eigenvalue weighted by atomic mass is 10.0.